The van der Waals surface area contributed by atoms with Crippen molar-refractivity contribution in [1.82, 2.24) is 14.5 Å². The molecule has 1 aliphatic heterocycles. The fourth-order valence-electron chi connectivity index (χ4n) is 4.03. The number of likely N-dealkylation sites (tertiary alicyclic amines) is 1. The highest BCUT2D eigenvalue weighted by Crippen LogP contribution is 2.25. The number of carbonyl (C=O) groups excluding carboxylic acids is 2. The Morgan fingerprint density at radius 2 is 1.84 bits per heavy atom. The number of hydrogen-bond acceptors (Lipinski definition) is 4. The third-order valence-corrected chi connectivity index (χ3v) is 6.75. The molecular formula is C25H28N4O2S. The number of nitrogens with zero attached hydrogens (tertiary/aromatic N) is 3. The van der Waals surface area contributed by atoms with Crippen molar-refractivity contribution >= 4 is 29.3 Å². The van der Waals surface area contributed by atoms with E-state index in [1.54, 1.807) is 6.20 Å². The first-order valence-corrected chi connectivity index (χ1v) is 11.9. The zero-order chi connectivity index (χ0) is 22.5. The molecule has 0 unspecified atom stereocenters. The molecule has 1 aliphatic rings. The molecule has 0 atom stereocenters. The summed E-state index contributed by atoms with van der Waals surface area (Å²) in [5.41, 5.74) is 4.28. The first-order chi connectivity index (χ1) is 15.5. The van der Waals surface area contributed by atoms with Crippen LogP contribution in [0.15, 0.2) is 66.1 Å². The minimum absolute atomic E-state index is 0.0353. The molecular weight excluding hydrogens is 420 g/mol. The van der Waals surface area contributed by atoms with E-state index >= 15 is 0 Å². The van der Waals surface area contributed by atoms with Gasteiger partial charge in [0.25, 0.3) is 0 Å². The quantitative estimate of drug-likeness (QED) is 0.566. The van der Waals surface area contributed by atoms with Crippen molar-refractivity contribution in [1.29, 1.82) is 0 Å². The zero-order valence-corrected chi connectivity index (χ0v) is 19.3. The summed E-state index contributed by atoms with van der Waals surface area (Å²) in [6, 6.07) is 15.8. The van der Waals surface area contributed by atoms with Crippen LogP contribution in [-0.2, 0) is 9.59 Å². The number of benzene rings is 2. The molecule has 2 amide bonds. The maximum atomic E-state index is 12.8. The number of thioether (sulfide) groups is 1. The summed E-state index contributed by atoms with van der Waals surface area (Å²) in [5.74, 6) is 0.401. The van der Waals surface area contributed by atoms with E-state index in [1.807, 2.05) is 46.0 Å². The van der Waals surface area contributed by atoms with E-state index in [4.69, 9.17) is 0 Å². The second kappa shape index (κ2) is 10.0. The number of anilines is 1. The fraction of sp³-hybridized carbons (Fsp3) is 0.320. The standard InChI is InChI=1S/C25H28N4O2S/c1-18-8-9-22(19(2)16-18)29-15-12-26-25(29)32-17-23(30)28-13-10-20(11-14-28)24(31)27-21-6-4-3-5-7-21/h3-9,12,15-16,20H,10-11,13-14,17H2,1-2H3,(H,27,31). The van der Waals surface area contributed by atoms with Crippen LogP contribution in [0.25, 0.3) is 5.69 Å². The average molecular weight is 449 g/mol. The number of hydrogen-bond donors (Lipinski definition) is 1. The Kier molecular flexibility index (Phi) is 6.95. The van der Waals surface area contributed by atoms with Gasteiger partial charge in [-0.2, -0.15) is 0 Å². The van der Waals surface area contributed by atoms with Crippen LogP contribution in [0.3, 0.4) is 0 Å². The summed E-state index contributed by atoms with van der Waals surface area (Å²) < 4.78 is 2.03. The van der Waals surface area contributed by atoms with Gasteiger partial charge in [-0.25, -0.2) is 4.98 Å². The van der Waals surface area contributed by atoms with E-state index in [0.717, 1.165) is 16.5 Å². The lowest BCUT2D eigenvalue weighted by molar-refractivity contribution is -0.132. The first-order valence-electron chi connectivity index (χ1n) is 10.9. The molecule has 2 heterocycles. The van der Waals surface area contributed by atoms with Crippen molar-refractivity contribution in [3.8, 4) is 5.69 Å². The van der Waals surface area contributed by atoms with Gasteiger partial charge in [0, 0.05) is 37.1 Å². The Morgan fingerprint density at radius 1 is 1.09 bits per heavy atom. The molecule has 0 spiro atoms. The van der Waals surface area contributed by atoms with E-state index in [-0.39, 0.29) is 17.7 Å². The van der Waals surface area contributed by atoms with Crippen LogP contribution in [0, 0.1) is 19.8 Å². The Balaban J connectivity index is 1.29. The third kappa shape index (κ3) is 5.22. The molecule has 0 aliphatic carbocycles. The summed E-state index contributed by atoms with van der Waals surface area (Å²) in [7, 11) is 0. The minimum Gasteiger partial charge on any atom is -0.342 e. The normalized spacial score (nSPS) is 14.4. The van der Waals surface area contributed by atoms with Crippen LogP contribution in [-0.4, -0.2) is 45.1 Å². The lowest BCUT2D eigenvalue weighted by Crippen LogP contribution is -2.42. The van der Waals surface area contributed by atoms with Crippen LogP contribution < -0.4 is 5.32 Å². The molecule has 4 rings (SSSR count). The summed E-state index contributed by atoms with van der Waals surface area (Å²) in [4.78, 5) is 31.6. The number of para-hydroxylation sites is 1. The Labute approximate surface area is 193 Å². The number of aromatic nitrogens is 2. The highest BCUT2D eigenvalue weighted by atomic mass is 32.2. The molecule has 7 heteroatoms. The van der Waals surface area contributed by atoms with E-state index in [9.17, 15) is 9.59 Å². The first kappa shape index (κ1) is 22.1. The summed E-state index contributed by atoms with van der Waals surface area (Å²) in [6.45, 7) is 5.38. The van der Waals surface area contributed by atoms with Crippen LogP contribution in [0.4, 0.5) is 5.69 Å². The van der Waals surface area contributed by atoms with Crippen molar-refractivity contribution in [2.24, 2.45) is 5.92 Å². The number of imidazole rings is 1. The minimum atomic E-state index is -0.0599. The smallest absolute Gasteiger partial charge is 0.233 e. The van der Waals surface area contributed by atoms with Crippen molar-refractivity contribution in [3.63, 3.8) is 0 Å². The lowest BCUT2D eigenvalue weighted by Gasteiger charge is -2.31. The van der Waals surface area contributed by atoms with E-state index in [2.05, 4.69) is 42.3 Å². The number of rotatable bonds is 6. The van der Waals surface area contributed by atoms with Gasteiger partial charge in [-0.05, 0) is 50.5 Å². The number of carbonyl (C=O) groups is 2. The number of aryl methyl sites for hydroxylation is 2. The van der Waals surface area contributed by atoms with Crippen molar-refractivity contribution in [2.75, 3.05) is 24.2 Å². The van der Waals surface area contributed by atoms with Crippen molar-refractivity contribution < 1.29 is 9.59 Å². The zero-order valence-electron chi connectivity index (χ0n) is 18.5. The second-order valence-electron chi connectivity index (χ2n) is 8.17. The van der Waals surface area contributed by atoms with Gasteiger partial charge in [0.2, 0.25) is 11.8 Å². The molecule has 166 valence electrons. The van der Waals surface area contributed by atoms with Gasteiger partial charge in [-0.3, -0.25) is 14.2 Å². The number of nitrogens with one attached hydrogen (secondary N) is 1. The molecule has 0 radical (unpaired) electrons. The highest BCUT2D eigenvalue weighted by Gasteiger charge is 2.27. The molecule has 1 aromatic heterocycles. The van der Waals surface area contributed by atoms with Crippen molar-refractivity contribution in [3.05, 3.63) is 72.1 Å². The van der Waals surface area contributed by atoms with Crippen LogP contribution in [0.5, 0.6) is 0 Å². The molecule has 0 bridgehead atoms. The lowest BCUT2D eigenvalue weighted by atomic mass is 9.96. The van der Waals surface area contributed by atoms with Crippen molar-refractivity contribution in [2.45, 2.75) is 31.8 Å². The maximum absolute atomic E-state index is 12.8. The molecule has 1 saturated heterocycles. The van der Waals surface area contributed by atoms with Gasteiger partial charge >= 0.3 is 0 Å². The van der Waals surface area contributed by atoms with Gasteiger partial charge in [-0.15, -0.1) is 0 Å². The van der Waals surface area contributed by atoms with Gasteiger partial charge in [-0.1, -0.05) is 47.7 Å². The average Bonchev–Trinajstić information content (AvgIpc) is 3.26. The highest BCUT2D eigenvalue weighted by molar-refractivity contribution is 7.99. The monoisotopic (exact) mass is 448 g/mol. The van der Waals surface area contributed by atoms with E-state index in [0.29, 0.717) is 31.7 Å². The molecule has 3 aromatic rings. The molecule has 0 saturated carbocycles. The Morgan fingerprint density at radius 3 is 2.56 bits per heavy atom. The second-order valence-corrected chi connectivity index (χ2v) is 9.11. The van der Waals surface area contributed by atoms with Crippen LogP contribution >= 0.6 is 11.8 Å². The molecule has 1 fully saturated rings. The SMILES string of the molecule is Cc1ccc(-n2ccnc2SCC(=O)N2CCC(C(=O)Nc3ccccc3)CC2)c(C)c1. The molecule has 2 aromatic carbocycles. The molecule has 32 heavy (non-hydrogen) atoms. The van der Waals surface area contributed by atoms with Gasteiger partial charge < -0.3 is 10.2 Å². The number of piperidine rings is 1. The predicted octanol–water partition coefficient (Wildman–Crippen LogP) is 4.46. The molecule has 6 nitrogen and oxygen atoms in total. The summed E-state index contributed by atoms with van der Waals surface area (Å²) in [5, 5.41) is 3.78. The van der Waals surface area contributed by atoms with Gasteiger partial charge in [0.15, 0.2) is 5.16 Å². The van der Waals surface area contributed by atoms with Crippen LogP contribution in [0.2, 0.25) is 0 Å². The topological polar surface area (TPSA) is 67.2 Å². The number of amides is 2. The Hall–Kier alpha value is -3.06. The predicted molar refractivity (Wildman–Crippen MR) is 128 cm³/mol. The van der Waals surface area contributed by atoms with E-state index in [1.165, 1.54) is 22.9 Å². The largest absolute Gasteiger partial charge is 0.342 e. The van der Waals surface area contributed by atoms with Gasteiger partial charge in [0.05, 0.1) is 11.4 Å². The molecule has 1 N–H and O–H groups in total. The third-order valence-electron chi connectivity index (χ3n) is 5.80. The van der Waals surface area contributed by atoms with Crippen LogP contribution in [0.1, 0.15) is 24.0 Å². The fourth-order valence-corrected chi connectivity index (χ4v) is 4.90. The van der Waals surface area contributed by atoms with E-state index < -0.39 is 0 Å². The van der Waals surface area contributed by atoms with Gasteiger partial charge in [0.1, 0.15) is 0 Å². The Bertz CT molecular complexity index is 1090. The summed E-state index contributed by atoms with van der Waals surface area (Å²) >= 11 is 1.45. The maximum Gasteiger partial charge on any atom is 0.233 e. The summed E-state index contributed by atoms with van der Waals surface area (Å²) in [6.07, 6.45) is 5.07.